The van der Waals surface area contributed by atoms with E-state index in [1.807, 2.05) is 39.0 Å². The van der Waals surface area contributed by atoms with Crippen LogP contribution in [-0.2, 0) is 17.6 Å². The van der Waals surface area contributed by atoms with Gasteiger partial charge in [0.25, 0.3) is 0 Å². The Morgan fingerprint density at radius 3 is 2.73 bits per heavy atom. The Kier molecular flexibility index (Phi) is 8.10. The Balaban J connectivity index is 2.01. The molecule has 10 heteroatoms. The number of likely N-dealkylation sites (N-methyl/N-ethyl adjacent to an activating group) is 1. The van der Waals surface area contributed by atoms with E-state index < -0.39 is 12.7 Å². The van der Waals surface area contributed by atoms with E-state index in [-0.39, 0.29) is 17.2 Å². The summed E-state index contributed by atoms with van der Waals surface area (Å²) >= 11 is 1.69. The van der Waals surface area contributed by atoms with Crippen molar-refractivity contribution in [3.05, 3.63) is 29.6 Å². The summed E-state index contributed by atoms with van der Waals surface area (Å²) in [5, 5.41) is 3.09. The molecule has 33 heavy (non-hydrogen) atoms. The highest BCUT2D eigenvalue weighted by Crippen LogP contribution is 2.32. The number of carbonyl (C=O) groups excluding carboxylic acids is 1. The second kappa shape index (κ2) is 10.6. The second-order valence-corrected chi connectivity index (χ2v) is 10.0. The third-order valence-electron chi connectivity index (χ3n) is 5.29. The van der Waals surface area contributed by atoms with Gasteiger partial charge in [-0.05, 0) is 64.5 Å². The van der Waals surface area contributed by atoms with Crippen molar-refractivity contribution in [2.45, 2.75) is 64.6 Å². The summed E-state index contributed by atoms with van der Waals surface area (Å²) in [4.78, 5) is 28.8. The molecule has 180 valence electrons. The molecule has 0 saturated carbocycles. The van der Waals surface area contributed by atoms with Gasteiger partial charge < -0.3 is 15.0 Å². The molecule has 1 aliphatic rings. The van der Waals surface area contributed by atoms with Crippen molar-refractivity contribution in [2.24, 2.45) is 0 Å². The summed E-state index contributed by atoms with van der Waals surface area (Å²) < 4.78 is 29.8. The number of carbonyl (C=O) groups is 1. The number of nitrogens with zero attached hydrogens (tertiary/aromatic N) is 4. The van der Waals surface area contributed by atoms with E-state index in [9.17, 15) is 13.6 Å². The number of rotatable bonds is 9. The van der Waals surface area contributed by atoms with Crippen molar-refractivity contribution in [3.8, 4) is 17.3 Å². The van der Waals surface area contributed by atoms with Crippen LogP contribution in [-0.4, -0.2) is 58.1 Å². The minimum absolute atomic E-state index is 0.00333. The van der Waals surface area contributed by atoms with Crippen LogP contribution in [0.5, 0.6) is 5.75 Å². The molecular formula is C23H31F2N5O2S. The Labute approximate surface area is 197 Å². The van der Waals surface area contributed by atoms with E-state index in [1.54, 1.807) is 11.8 Å². The number of ether oxygens (including phenoxy) is 1. The third-order valence-corrected chi connectivity index (χ3v) is 5.94. The zero-order chi connectivity index (χ0) is 24.2. The average molecular weight is 480 g/mol. The highest BCUT2D eigenvalue weighted by atomic mass is 32.2. The van der Waals surface area contributed by atoms with Crippen molar-refractivity contribution in [2.75, 3.05) is 24.0 Å². The van der Waals surface area contributed by atoms with Crippen LogP contribution in [0, 0.1) is 0 Å². The fraction of sp³-hybridized carbons (Fsp3) is 0.565. The van der Waals surface area contributed by atoms with Crippen LogP contribution >= 0.6 is 11.8 Å². The monoisotopic (exact) mass is 479 g/mol. The van der Waals surface area contributed by atoms with Crippen molar-refractivity contribution in [1.29, 1.82) is 0 Å². The van der Waals surface area contributed by atoms with Gasteiger partial charge in [0.05, 0.1) is 0 Å². The van der Waals surface area contributed by atoms with E-state index in [0.717, 1.165) is 36.3 Å². The molecule has 0 spiro atoms. The lowest BCUT2D eigenvalue weighted by molar-refractivity contribution is -0.123. The third kappa shape index (κ3) is 6.52. The van der Waals surface area contributed by atoms with Crippen molar-refractivity contribution in [1.82, 2.24) is 20.3 Å². The molecule has 1 atom stereocenters. The van der Waals surface area contributed by atoms with Gasteiger partial charge in [0.1, 0.15) is 23.3 Å². The molecule has 0 bridgehead atoms. The Hall–Kier alpha value is -2.49. The lowest BCUT2D eigenvalue weighted by Crippen LogP contribution is -2.52. The molecular weight excluding hydrogens is 448 g/mol. The average Bonchev–Trinajstić information content (AvgIpc) is 3.20. The second-order valence-electron chi connectivity index (χ2n) is 9.05. The number of aromatic nitrogens is 3. The van der Waals surface area contributed by atoms with Gasteiger partial charge in [-0.15, -0.1) is 0 Å². The number of alkyl halides is 2. The number of pyridine rings is 1. The number of halogens is 2. The number of aryl methyl sites for hydroxylation is 1. The normalized spacial score (nSPS) is 14.2. The van der Waals surface area contributed by atoms with Crippen molar-refractivity contribution in [3.63, 3.8) is 0 Å². The standard InChI is InChI=1S/C23H31F2N5O2S/c1-23(2,3)29-21(31)18(10-12-33-5)30(4)20-15-7-6-8-16(15)27-19(28-20)17-13-14(9-11-26-17)32-22(24)25/h9,11,13,18,22H,6-8,10,12H2,1-5H3,(H,29,31). The van der Waals surface area contributed by atoms with E-state index in [1.165, 1.54) is 18.3 Å². The van der Waals surface area contributed by atoms with Crippen molar-refractivity contribution >= 4 is 23.5 Å². The number of thioether (sulfide) groups is 1. The zero-order valence-electron chi connectivity index (χ0n) is 19.7. The van der Waals surface area contributed by atoms with Crippen LogP contribution in [0.1, 0.15) is 44.9 Å². The molecule has 1 aliphatic carbocycles. The van der Waals surface area contributed by atoms with E-state index in [2.05, 4.69) is 20.0 Å². The summed E-state index contributed by atoms with van der Waals surface area (Å²) in [5.74, 6) is 1.77. The van der Waals surface area contributed by atoms with E-state index in [0.29, 0.717) is 23.8 Å². The van der Waals surface area contributed by atoms with Crippen LogP contribution in [0.15, 0.2) is 18.3 Å². The predicted octanol–water partition coefficient (Wildman–Crippen LogP) is 4.10. The summed E-state index contributed by atoms with van der Waals surface area (Å²) in [6.45, 7) is 2.94. The van der Waals surface area contributed by atoms with Gasteiger partial charge >= 0.3 is 6.61 Å². The Morgan fingerprint density at radius 2 is 2.06 bits per heavy atom. The molecule has 0 aliphatic heterocycles. The quantitative estimate of drug-likeness (QED) is 0.580. The number of nitrogens with one attached hydrogen (secondary N) is 1. The molecule has 7 nitrogen and oxygen atoms in total. The SMILES string of the molecule is CSCCC(C(=O)NC(C)(C)C)N(C)c1nc(-c2cc(OC(F)F)ccn2)nc2c1CCC2. The topological polar surface area (TPSA) is 80.2 Å². The number of amides is 1. The molecule has 2 aromatic heterocycles. The van der Waals surface area contributed by atoms with Gasteiger partial charge in [0, 0.05) is 36.1 Å². The van der Waals surface area contributed by atoms with Gasteiger partial charge in [0.15, 0.2) is 5.82 Å². The molecule has 1 amide bonds. The Morgan fingerprint density at radius 1 is 1.30 bits per heavy atom. The van der Waals surface area contributed by atoms with E-state index >= 15 is 0 Å². The fourth-order valence-electron chi connectivity index (χ4n) is 3.86. The number of anilines is 1. The van der Waals surface area contributed by atoms with Gasteiger partial charge in [-0.3, -0.25) is 9.78 Å². The molecule has 3 rings (SSSR count). The summed E-state index contributed by atoms with van der Waals surface area (Å²) in [7, 11) is 1.88. The van der Waals surface area contributed by atoms with Gasteiger partial charge in [-0.2, -0.15) is 20.5 Å². The molecule has 0 radical (unpaired) electrons. The first-order valence-electron chi connectivity index (χ1n) is 10.9. The van der Waals surface area contributed by atoms with Gasteiger partial charge in [-0.1, -0.05) is 0 Å². The molecule has 1 unspecified atom stereocenters. The van der Waals surface area contributed by atoms with Crippen LogP contribution < -0.4 is 15.0 Å². The number of fused-ring (bicyclic) bond motifs is 1. The van der Waals surface area contributed by atoms with Gasteiger partial charge in [0.2, 0.25) is 5.91 Å². The highest BCUT2D eigenvalue weighted by Gasteiger charge is 2.31. The lowest BCUT2D eigenvalue weighted by Gasteiger charge is -2.32. The smallest absolute Gasteiger partial charge is 0.387 e. The number of hydrogen-bond donors (Lipinski definition) is 1. The first-order valence-corrected chi connectivity index (χ1v) is 12.3. The van der Waals surface area contributed by atoms with Crippen LogP contribution in [0.3, 0.4) is 0 Å². The molecule has 1 N–H and O–H groups in total. The molecule has 2 heterocycles. The van der Waals surface area contributed by atoms with Crippen LogP contribution in [0.25, 0.3) is 11.5 Å². The minimum atomic E-state index is -2.93. The summed E-state index contributed by atoms with van der Waals surface area (Å²) in [6, 6.07) is 2.36. The number of hydrogen-bond acceptors (Lipinski definition) is 7. The summed E-state index contributed by atoms with van der Waals surface area (Å²) in [5.41, 5.74) is 1.92. The predicted molar refractivity (Wildman–Crippen MR) is 127 cm³/mol. The largest absolute Gasteiger partial charge is 0.435 e. The summed E-state index contributed by atoms with van der Waals surface area (Å²) in [6.07, 6.45) is 6.63. The van der Waals surface area contributed by atoms with Crippen molar-refractivity contribution < 1.29 is 18.3 Å². The minimum Gasteiger partial charge on any atom is -0.435 e. The highest BCUT2D eigenvalue weighted by molar-refractivity contribution is 7.98. The maximum atomic E-state index is 13.2. The first-order chi connectivity index (χ1) is 15.6. The lowest BCUT2D eigenvalue weighted by atomic mass is 10.1. The molecule has 0 fully saturated rings. The van der Waals surface area contributed by atoms with Gasteiger partial charge in [-0.25, -0.2) is 9.97 Å². The Bertz CT molecular complexity index is 984. The molecule has 0 aromatic carbocycles. The zero-order valence-corrected chi connectivity index (χ0v) is 20.5. The maximum Gasteiger partial charge on any atom is 0.387 e. The molecule has 2 aromatic rings. The maximum absolute atomic E-state index is 13.2. The molecule has 0 saturated heterocycles. The fourth-order valence-corrected chi connectivity index (χ4v) is 4.32. The van der Waals surface area contributed by atoms with E-state index in [4.69, 9.17) is 4.98 Å². The first kappa shape index (κ1) is 25.1. The van der Waals surface area contributed by atoms with Crippen LogP contribution in [0.2, 0.25) is 0 Å². The van der Waals surface area contributed by atoms with Crippen LogP contribution in [0.4, 0.5) is 14.6 Å².